The van der Waals surface area contributed by atoms with Crippen molar-refractivity contribution >= 4 is 29.5 Å². The number of benzene rings is 3. The minimum absolute atomic E-state index is 0.333. The molecule has 4 nitrogen and oxygen atoms in total. The fourth-order valence-electron chi connectivity index (χ4n) is 2.94. The molecule has 0 aliphatic heterocycles. The summed E-state index contributed by atoms with van der Waals surface area (Å²) in [6, 6.07) is 22.2. The maximum absolute atomic E-state index is 13.0. The van der Waals surface area contributed by atoms with E-state index in [9.17, 15) is 13.2 Å². The van der Waals surface area contributed by atoms with Gasteiger partial charge in [-0.15, -0.1) is 0 Å². The highest BCUT2D eigenvalue weighted by Gasteiger charge is 2.30. The zero-order chi connectivity index (χ0) is 24.4. The average Bonchev–Trinajstić information content (AvgIpc) is 2.82. The van der Waals surface area contributed by atoms with Gasteiger partial charge in [-0.25, -0.2) is 9.98 Å². The van der Waals surface area contributed by atoms with E-state index < -0.39 is 11.7 Å². The summed E-state index contributed by atoms with van der Waals surface area (Å²) in [7, 11) is 0. The topological polar surface area (TPSA) is 48.8 Å². The molecule has 34 heavy (non-hydrogen) atoms. The molecule has 0 fully saturated rings. The molecule has 0 heterocycles. The molecule has 0 saturated carbocycles. The molecule has 0 unspecified atom stereocenters. The highest BCUT2D eigenvalue weighted by atomic mass is 35.5. The van der Waals surface area contributed by atoms with Crippen LogP contribution in [0.4, 0.5) is 18.9 Å². The molecule has 3 aromatic carbocycles. The van der Waals surface area contributed by atoms with Crippen LogP contribution in [-0.2, 0) is 19.1 Å². The second kappa shape index (κ2) is 12.0. The molecule has 8 heteroatoms. The molecule has 0 aliphatic carbocycles. The van der Waals surface area contributed by atoms with Gasteiger partial charge in [0.2, 0.25) is 5.96 Å². The minimum atomic E-state index is -4.40. The van der Waals surface area contributed by atoms with Crippen molar-refractivity contribution in [1.82, 2.24) is 5.32 Å². The maximum atomic E-state index is 13.0. The Balaban J connectivity index is 1.70. The van der Waals surface area contributed by atoms with Crippen LogP contribution in [-0.4, -0.2) is 12.2 Å². The molecule has 0 bridgehead atoms. The lowest BCUT2D eigenvalue weighted by Crippen LogP contribution is -2.17. The zero-order valence-electron chi connectivity index (χ0n) is 18.5. The first kappa shape index (κ1) is 25.1. The highest BCUT2D eigenvalue weighted by Crippen LogP contribution is 2.30. The van der Waals surface area contributed by atoms with Crippen molar-refractivity contribution in [2.45, 2.75) is 26.1 Å². The van der Waals surface area contributed by atoms with Gasteiger partial charge in [-0.1, -0.05) is 60.1 Å². The van der Waals surface area contributed by atoms with Gasteiger partial charge in [0.1, 0.15) is 0 Å². The van der Waals surface area contributed by atoms with E-state index >= 15 is 0 Å². The van der Waals surface area contributed by atoms with E-state index in [1.54, 1.807) is 25.4 Å². The molecule has 0 saturated heterocycles. The fraction of sp³-hybridized carbons (Fsp3) is 0.154. The van der Waals surface area contributed by atoms with Crippen LogP contribution < -0.4 is 10.6 Å². The van der Waals surface area contributed by atoms with Crippen LogP contribution in [0, 0.1) is 0 Å². The summed E-state index contributed by atoms with van der Waals surface area (Å²) < 4.78 is 38.9. The number of guanidine groups is 1. The fourth-order valence-corrected chi connectivity index (χ4v) is 3.07. The molecule has 3 aromatic rings. The van der Waals surface area contributed by atoms with Gasteiger partial charge in [-0.05, 0) is 48.4 Å². The predicted octanol–water partition coefficient (Wildman–Crippen LogP) is 7.09. The third-order valence-electron chi connectivity index (χ3n) is 4.66. The second-order valence-corrected chi connectivity index (χ2v) is 7.88. The SMILES string of the molecule is C/C(=C\NC(N=CCc1ccc(Cl)cc1)=NCc1ccccc1)Nc1cccc(C(F)(F)F)c1. The summed E-state index contributed by atoms with van der Waals surface area (Å²) in [5.74, 6) is 0.378. The van der Waals surface area contributed by atoms with Gasteiger partial charge in [0.05, 0.1) is 12.1 Å². The van der Waals surface area contributed by atoms with Gasteiger partial charge < -0.3 is 10.6 Å². The Morgan fingerprint density at radius 1 is 0.941 bits per heavy atom. The molecule has 0 aliphatic rings. The van der Waals surface area contributed by atoms with Gasteiger partial charge in [0.25, 0.3) is 0 Å². The number of hydrogen-bond acceptors (Lipinski definition) is 2. The van der Waals surface area contributed by atoms with E-state index in [4.69, 9.17) is 11.6 Å². The zero-order valence-corrected chi connectivity index (χ0v) is 19.2. The average molecular weight is 485 g/mol. The lowest BCUT2D eigenvalue weighted by Gasteiger charge is -2.11. The van der Waals surface area contributed by atoms with Crippen LogP contribution in [0.3, 0.4) is 0 Å². The lowest BCUT2D eigenvalue weighted by molar-refractivity contribution is -0.137. The molecule has 0 atom stereocenters. The second-order valence-electron chi connectivity index (χ2n) is 7.44. The monoisotopic (exact) mass is 484 g/mol. The summed E-state index contributed by atoms with van der Waals surface area (Å²) in [5, 5.41) is 6.65. The molecule has 2 N–H and O–H groups in total. The minimum Gasteiger partial charge on any atom is -0.358 e. The van der Waals surface area contributed by atoms with Crippen LogP contribution in [0.5, 0.6) is 0 Å². The third-order valence-corrected chi connectivity index (χ3v) is 4.91. The summed E-state index contributed by atoms with van der Waals surface area (Å²) in [6.45, 7) is 2.16. The van der Waals surface area contributed by atoms with Crippen LogP contribution in [0.2, 0.25) is 5.02 Å². The van der Waals surface area contributed by atoms with E-state index in [1.165, 1.54) is 6.07 Å². The first-order valence-electron chi connectivity index (χ1n) is 10.5. The summed E-state index contributed by atoms with van der Waals surface area (Å²) in [4.78, 5) is 8.97. The van der Waals surface area contributed by atoms with Gasteiger partial charge in [-0.2, -0.15) is 13.2 Å². The Kier molecular flexibility index (Phi) is 8.87. The Labute approximate surface area is 201 Å². The van der Waals surface area contributed by atoms with Crippen molar-refractivity contribution in [3.63, 3.8) is 0 Å². The third kappa shape index (κ3) is 8.41. The summed E-state index contributed by atoms with van der Waals surface area (Å²) in [5.41, 5.74) is 2.29. The Hall–Kier alpha value is -3.58. The van der Waals surface area contributed by atoms with Crippen molar-refractivity contribution in [1.29, 1.82) is 0 Å². The number of hydrogen-bond donors (Lipinski definition) is 2. The number of allylic oxidation sites excluding steroid dienone is 1. The summed E-state index contributed by atoms with van der Waals surface area (Å²) >= 11 is 5.92. The van der Waals surface area contributed by atoms with E-state index in [0.29, 0.717) is 35.3 Å². The van der Waals surface area contributed by atoms with Crippen molar-refractivity contribution in [2.24, 2.45) is 9.98 Å². The van der Waals surface area contributed by atoms with Gasteiger partial charge >= 0.3 is 6.18 Å². The van der Waals surface area contributed by atoms with Crippen LogP contribution in [0.25, 0.3) is 0 Å². The van der Waals surface area contributed by atoms with Crippen molar-refractivity contribution in [2.75, 3.05) is 5.32 Å². The van der Waals surface area contributed by atoms with Crippen LogP contribution in [0.15, 0.2) is 101 Å². The molecule has 0 amide bonds. The number of anilines is 1. The standard InChI is InChI=1S/C26H24ClF3N4/c1-19(34-24-9-5-8-22(16-24)26(28,29)30)17-32-25(33-18-21-6-3-2-4-7-21)31-15-14-20-10-12-23(27)13-11-20/h2-13,15-17,34H,14,18H2,1H3,(H,32,33)/b19-17+,31-15?. The first-order valence-corrected chi connectivity index (χ1v) is 10.9. The number of alkyl halides is 3. The summed E-state index contributed by atoms with van der Waals surface area (Å²) in [6.07, 6.45) is -0.453. The number of nitrogens with zero attached hydrogens (tertiary/aromatic N) is 2. The van der Waals surface area contributed by atoms with Crippen molar-refractivity contribution < 1.29 is 13.2 Å². The largest absolute Gasteiger partial charge is 0.416 e. The lowest BCUT2D eigenvalue weighted by atomic mass is 10.2. The smallest absolute Gasteiger partial charge is 0.358 e. The molecular formula is C26H24ClF3N4. The van der Waals surface area contributed by atoms with E-state index in [1.807, 2.05) is 54.6 Å². The van der Waals surface area contributed by atoms with Crippen LogP contribution >= 0.6 is 11.6 Å². The van der Waals surface area contributed by atoms with Crippen molar-refractivity contribution in [3.8, 4) is 0 Å². The molecule has 3 rings (SSSR count). The van der Waals surface area contributed by atoms with Crippen molar-refractivity contribution in [3.05, 3.63) is 112 Å². The number of nitrogens with one attached hydrogen (secondary N) is 2. The maximum Gasteiger partial charge on any atom is 0.416 e. The Bertz CT molecular complexity index is 1150. The normalized spacial score (nSPS) is 12.7. The van der Waals surface area contributed by atoms with Gasteiger partial charge in [0, 0.05) is 35.2 Å². The molecule has 0 radical (unpaired) electrons. The van der Waals surface area contributed by atoms with Gasteiger partial charge in [0.15, 0.2) is 0 Å². The highest BCUT2D eigenvalue weighted by molar-refractivity contribution is 6.30. The number of rotatable bonds is 7. The van der Waals surface area contributed by atoms with E-state index in [-0.39, 0.29) is 0 Å². The quantitative estimate of drug-likeness (QED) is 0.278. The number of aliphatic imine (C=N–C) groups is 2. The van der Waals surface area contributed by atoms with Gasteiger partial charge in [-0.3, -0.25) is 0 Å². The Morgan fingerprint density at radius 3 is 2.38 bits per heavy atom. The molecule has 0 aromatic heterocycles. The van der Waals surface area contributed by atoms with Crippen LogP contribution in [0.1, 0.15) is 23.6 Å². The first-order chi connectivity index (χ1) is 16.3. The molecule has 176 valence electrons. The number of halogens is 4. The predicted molar refractivity (Wildman–Crippen MR) is 133 cm³/mol. The van der Waals surface area contributed by atoms with E-state index in [0.717, 1.165) is 23.3 Å². The molecule has 0 spiro atoms. The molecular weight excluding hydrogens is 461 g/mol. The van der Waals surface area contributed by atoms with E-state index in [2.05, 4.69) is 20.6 Å². The Morgan fingerprint density at radius 2 is 1.68 bits per heavy atom.